The van der Waals surface area contributed by atoms with Crippen molar-refractivity contribution < 1.29 is 9.47 Å². The Morgan fingerprint density at radius 3 is 2.53 bits per heavy atom. The summed E-state index contributed by atoms with van der Waals surface area (Å²) in [5.74, 6) is 2.67. The number of hydrogen-bond donors (Lipinski definition) is 0. The molecule has 0 aromatic carbocycles. The third kappa shape index (κ3) is 7.65. The molecule has 0 spiro atoms. The van der Waals surface area contributed by atoms with Crippen molar-refractivity contribution in [3.63, 3.8) is 0 Å². The van der Waals surface area contributed by atoms with Crippen LogP contribution >= 0.6 is 0 Å². The smallest absolute Gasteiger partial charge is 0.219 e. The van der Waals surface area contributed by atoms with Gasteiger partial charge in [-0.1, -0.05) is 31.8 Å². The second-order valence-electron chi connectivity index (χ2n) is 4.16. The maximum atomic E-state index is 5.54. The predicted molar refractivity (Wildman–Crippen MR) is 70.3 cm³/mol. The minimum atomic E-state index is -0.185. The number of allylic oxidation sites excluding steroid dienone is 2. The summed E-state index contributed by atoms with van der Waals surface area (Å²) >= 11 is 0. The van der Waals surface area contributed by atoms with Gasteiger partial charge in [0.2, 0.25) is 6.29 Å². The van der Waals surface area contributed by atoms with E-state index in [9.17, 15) is 0 Å². The second-order valence-corrected chi connectivity index (χ2v) is 4.16. The lowest BCUT2D eigenvalue weighted by molar-refractivity contribution is -0.0750. The zero-order valence-corrected chi connectivity index (χ0v) is 10.4. The van der Waals surface area contributed by atoms with Gasteiger partial charge in [-0.2, -0.15) is 0 Å². The number of terminal acetylenes is 1. The highest BCUT2D eigenvalue weighted by molar-refractivity contribution is 5.05. The van der Waals surface area contributed by atoms with Crippen molar-refractivity contribution in [2.75, 3.05) is 6.61 Å². The first kappa shape index (κ1) is 13.9. The van der Waals surface area contributed by atoms with Gasteiger partial charge in [0.25, 0.3) is 0 Å². The number of hydrogen-bond acceptors (Lipinski definition) is 2. The number of ether oxygens (including phenoxy) is 2. The van der Waals surface area contributed by atoms with E-state index in [1.165, 1.54) is 32.1 Å². The summed E-state index contributed by atoms with van der Waals surface area (Å²) in [6.45, 7) is 0.771. The van der Waals surface area contributed by atoms with Gasteiger partial charge in [0.15, 0.2) is 0 Å². The van der Waals surface area contributed by atoms with Crippen molar-refractivity contribution >= 4 is 0 Å². The van der Waals surface area contributed by atoms with Crippen LogP contribution in [0.15, 0.2) is 24.5 Å². The van der Waals surface area contributed by atoms with Gasteiger partial charge in [0.1, 0.15) is 0 Å². The highest BCUT2D eigenvalue weighted by atomic mass is 16.7. The van der Waals surface area contributed by atoms with E-state index in [1.54, 1.807) is 6.26 Å². The Kier molecular flexibility index (Phi) is 8.14. The van der Waals surface area contributed by atoms with E-state index in [0.717, 1.165) is 19.4 Å². The van der Waals surface area contributed by atoms with Crippen molar-refractivity contribution in [1.29, 1.82) is 0 Å². The molecule has 1 heterocycles. The van der Waals surface area contributed by atoms with Crippen molar-refractivity contribution in [2.45, 2.75) is 51.2 Å². The molecule has 1 atom stereocenters. The lowest BCUT2D eigenvalue weighted by Gasteiger charge is -2.15. The van der Waals surface area contributed by atoms with Gasteiger partial charge in [-0.3, -0.25) is 0 Å². The summed E-state index contributed by atoms with van der Waals surface area (Å²) in [5.41, 5.74) is 0. The third-order valence-electron chi connectivity index (χ3n) is 2.67. The number of unbranched alkanes of at least 4 members (excludes halogenated alkanes) is 6. The predicted octanol–water partition coefficient (Wildman–Crippen LogP) is 3.79. The fourth-order valence-corrected chi connectivity index (χ4v) is 1.70. The van der Waals surface area contributed by atoms with Crippen LogP contribution in [0.4, 0.5) is 0 Å². The Morgan fingerprint density at radius 2 is 1.82 bits per heavy atom. The second kappa shape index (κ2) is 9.99. The molecule has 1 unspecified atom stereocenters. The molecule has 0 radical (unpaired) electrons. The molecule has 94 valence electrons. The Morgan fingerprint density at radius 1 is 1.06 bits per heavy atom. The molecule has 17 heavy (non-hydrogen) atoms. The van der Waals surface area contributed by atoms with Crippen molar-refractivity contribution in [3.05, 3.63) is 24.5 Å². The highest BCUT2D eigenvalue weighted by Crippen LogP contribution is 2.09. The molecule has 0 saturated heterocycles. The zero-order chi connectivity index (χ0) is 12.2. The topological polar surface area (TPSA) is 18.5 Å². The Bertz CT molecular complexity index is 273. The lowest BCUT2D eigenvalue weighted by atomic mass is 10.1. The first-order valence-electron chi connectivity index (χ1n) is 6.47. The van der Waals surface area contributed by atoms with Crippen LogP contribution in [0.3, 0.4) is 0 Å². The van der Waals surface area contributed by atoms with Crippen LogP contribution in [0, 0.1) is 12.3 Å². The van der Waals surface area contributed by atoms with Crippen molar-refractivity contribution in [3.8, 4) is 12.3 Å². The minimum absolute atomic E-state index is 0.185. The molecule has 0 aliphatic carbocycles. The zero-order valence-electron chi connectivity index (χ0n) is 10.4. The Balaban J connectivity index is 1.80. The largest absolute Gasteiger partial charge is 0.469 e. The molecule has 0 N–H and O–H groups in total. The third-order valence-corrected chi connectivity index (χ3v) is 2.67. The van der Waals surface area contributed by atoms with Crippen LogP contribution < -0.4 is 0 Å². The summed E-state index contributed by atoms with van der Waals surface area (Å²) in [5, 5.41) is 0. The fourth-order valence-electron chi connectivity index (χ4n) is 1.70. The lowest BCUT2D eigenvalue weighted by Crippen LogP contribution is -2.13. The van der Waals surface area contributed by atoms with Crippen LogP contribution in [-0.4, -0.2) is 12.9 Å². The molecule has 0 bridgehead atoms. The Hall–Kier alpha value is -1.20. The molecule has 1 aliphatic heterocycles. The van der Waals surface area contributed by atoms with E-state index >= 15 is 0 Å². The van der Waals surface area contributed by atoms with Crippen molar-refractivity contribution in [1.82, 2.24) is 0 Å². The quantitative estimate of drug-likeness (QED) is 0.446. The first-order valence-corrected chi connectivity index (χ1v) is 6.47. The van der Waals surface area contributed by atoms with Crippen LogP contribution in [-0.2, 0) is 9.47 Å². The molecule has 0 aromatic heterocycles. The molecule has 1 aliphatic rings. The van der Waals surface area contributed by atoms with E-state index in [1.807, 2.05) is 18.2 Å². The summed E-state index contributed by atoms with van der Waals surface area (Å²) < 4.78 is 10.8. The Labute approximate surface area is 105 Å². The average molecular weight is 234 g/mol. The molecule has 0 saturated carbocycles. The summed E-state index contributed by atoms with van der Waals surface area (Å²) in [7, 11) is 0. The van der Waals surface area contributed by atoms with Crippen LogP contribution in [0.2, 0.25) is 0 Å². The maximum Gasteiger partial charge on any atom is 0.219 e. The molecule has 2 heteroatoms. The van der Waals surface area contributed by atoms with Gasteiger partial charge in [0, 0.05) is 6.42 Å². The summed E-state index contributed by atoms with van der Waals surface area (Å²) in [6, 6.07) is 0. The van der Waals surface area contributed by atoms with E-state index in [-0.39, 0.29) is 6.29 Å². The number of rotatable bonds is 9. The average Bonchev–Trinajstić information content (AvgIpc) is 2.38. The van der Waals surface area contributed by atoms with Gasteiger partial charge in [0.05, 0.1) is 12.9 Å². The van der Waals surface area contributed by atoms with Crippen molar-refractivity contribution in [2.24, 2.45) is 0 Å². The maximum absolute atomic E-state index is 5.54. The molecular formula is C15H22O2. The summed E-state index contributed by atoms with van der Waals surface area (Å²) in [6.07, 6.45) is 20.6. The van der Waals surface area contributed by atoms with E-state index in [2.05, 4.69) is 5.92 Å². The van der Waals surface area contributed by atoms with E-state index in [0.29, 0.717) is 0 Å². The van der Waals surface area contributed by atoms with Gasteiger partial charge < -0.3 is 9.47 Å². The van der Waals surface area contributed by atoms with Gasteiger partial charge in [-0.15, -0.1) is 12.3 Å². The molecule has 0 fully saturated rings. The normalized spacial score (nSPS) is 17.7. The molecule has 0 aromatic rings. The van der Waals surface area contributed by atoms with Crippen LogP contribution in [0.25, 0.3) is 0 Å². The first-order chi connectivity index (χ1) is 8.43. The SMILES string of the molecule is C#CCCCCCCCCOC1C=CC=CO1. The molecule has 0 amide bonds. The van der Waals surface area contributed by atoms with Crippen LogP contribution in [0.5, 0.6) is 0 Å². The highest BCUT2D eigenvalue weighted by Gasteiger charge is 2.04. The summed E-state index contributed by atoms with van der Waals surface area (Å²) in [4.78, 5) is 0. The standard InChI is InChI=1S/C15H22O2/c1-2-3-4-5-6-7-8-10-13-16-15-12-9-11-14-17-15/h1,9,11-12,14-15H,3-8,10,13H2. The van der Waals surface area contributed by atoms with E-state index < -0.39 is 0 Å². The monoisotopic (exact) mass is 234 g/mol. The fraction of sp³-hybridized carbons (Fsp3) is 0.600. The van der Waals surface area contributed by atoms with Crippen LogP contribution in [0.1, 0.15) is 44.9 Å². The minimum Gasteiger partial charge on any atom is -0.469 e. The van der Waals surface area contributed by atoms with Gasteiger partial charge in [-0.05, 0) is 25.0 Å². The molecule has 2 nitrogen and oxygen atoms in total. The molecule has 1 rings (SSSR count). The van der Waals surface area contributed by atoms with Gasteiger partial charge in [-0.25, -0.2) is 0 Å². The van der Waals surface area contributed by atoms with Gasteiger partial charge >= 0.3 is 0 Å². The molecular weight excluding hydrogens is 212 g/mol. The van der Waals surface area contributed by atoms with E-state index in [4.69, 9.17) is 15.9 Å².